The summed E-state index contributed by atoms with van der Waals surface area (Å²) in [6.45, 7) is 2.13. The van der Waals surface area contributed by atoms with Crippen LogP contribution in [0.25, 0.3) is 5.69 Å². The first-order chi connectivity index (χ1) is 20.2. The van der Waals surface area contributed by atoms with Crippen molar-refractivity contribution in [3.63, 3.8) is 0 Å². The fourth-order valence-electron chi connectivity index (χ4n) is 5.65. The number of rotatable bonds is 3. The van der Waals surface area contributed by atoms with E-state index in [-0.39, 0.29) is 12.6 Å². The molecule has 200 valence electrons. The van der Waals surface area contributed by atoms with Gasteiger partial charge in [-0.3, -0.25) is 0 Å². The van der Waals surface area contributed by atoms with Gasteiger partial charge in [0.2, 0.25) is 6.79 Å². The molecule has 5 aromatic rings. The fraction of sp³-hybridized carbons (Fsp3) is 0.0938. The molecule has 0 fully saturated rings. The highest BCUT2D eigenvalue weighted by molar-refractivity contribution is 6.51. The zero-order chi connectivity index (χ0) is 27.5. The number of nitrogens with one attached hydrogen (secondary N) is 1. The van der Waals surface area contributed by atoms with Crippen molar-refractivity contribution in [1.29, 1.82) is 0 Å². The van der Waals surface area contributed by atoms with Crippen LogP contribution in [-0.2, 0) is 0 Å². The van der Waals surface area contributed by atoms with Gasteiger partial charge in [-0.2, -0.15) is 5.10 Å². The van der Waals surface area contributed by atoms with Crippen molar-refractivity contribution in [3.8, 4) is 17.2 Å². The van der Waals surface area contributed by atoms with Crippen LogP contribution in [0.5, 0.6) is 11.5 Å². The van der Waals surface area contributed by atoms with Crippen LogP contribution in [0.4, 0.5) is 27.3 Å². The maximum atomic E-state index is 15.7. The summed E-state index contributed by atoms with van der Waals surface area (Å²) < 4.78 is 28.6. The molecule has 8 nitrogen and oxygen atoms in total. The highest BCUT2D eigenvalue weighted by Gasteiger charge is 2.42. The smallest absolute Gasteiger partial charge is 0.231 e. The second-order valence-corrected chi connectivity index (χ2v) is 9.94. The lowest BCUT2D eigenvalue weighted by Gasteiger charge is -2.40. The number of nitrogens with zero attached hydrogens (tertiary/aromatic N) is 5. The van der Waals surface area contributed by atoms with Crippen molar-refractivity contribution >= 4 is 34.6 Å². The second kappa shape index (κ2) is 9.06. The number of hydrogen-bond donors (Lipinski definition) is 1. The quantitative estimate of drug-likeness (QED) is 0.270. The molecule has 1 aromatic heterocycles. The molecule has 9 heteroatoms. The normalized spacial score (nSPS) is 16.3. The first kappa shape index (κ1) is 23.4. The van der Waals surface area contributed by atoms with E-state index in [1.165, 1.54) is 6.07 Å². The SMILES string of the molecule is Cc1nn(-c2ccccc2)c2c1[C@@H](c1ccccc1F)N1C(=N2)C(Nc2ccc3c(c2)OCO3)=Nc2ccccc21. The Balaban J connectivity index is 1.37. The van der Waals surface area contributed by atoms with Gasteiger partial charge in [0.15, 0.2) is 29.0 Å². The Hall–Kier alpha value is -5.44. The van der Waals surface area contributed by atoms with Crippen LogP contribution in [0.15, 0.2) is 107 Å². The van der Waals surface area contributed by atoms with E-state index in [1.54, 1.807) is 6.07 Å². The number of aromatic nitrogens is 2. The molecule has 0 spiro atoms. The third-order valence-corrected chi connectivity index (χ3v) is 7.47. The number of halogens is 1. The molecule has 0 aliphatic carbocycles. The molecule has 0 radical (unpaired) electrons. The van der Waals surface area contributed by atoms with E-state index in [0.717, 1.165) is 34.0 Å². The van der Waals surface area contributed by atoms with Gasteiger partial charge in [0.1, 0.15) is 5.82 Å². The summed E-state index contributed by atoms with van der Waals surface area (Å²) in [5, 5.41) is 8.35. The third-order valence-electron chi connectivity index (χ3n) is 7.47. The van der Waals surface area contributed by atoms with Gasteiger partial charge >= 0.3 is 0 Å². The van der Waals surface area contributed by atoms with E-state index in [2.05, 4.69) is 10.2 Å². The maximum absolute atomic E-state index is 15.7. The topological polar surface area (TPSA) is 76.3 Å². The molecule has 3 aliphatic rings. The first-order valence-electron chi connectivity index (χ1n) is 13.3. The molecule has 0 amide bonds. The number of benzene rings is 4. The lowest BCUT2D eigenvalue weighted by Crippen LogP contribution is -2.46. The highest BCUT2D eigenvalue weighted by atomic mass is 19.1. The van der Waals surface area contributed by atoms with Crippen molar-refractivity contribution < 1.29 is 13.9 Å². The molecular formula is C32H23FN6O2. The predicted molar refractivity (Wildman–Crippen MR) is 156 cm³/mol. The minimum absolute atomic E-state index is 0.184. The molecule has 41 heavy (non-hydrogen) atoms. The fourth-order valence-corrected chi connectivity index (χ4v) is 5.65. The summed E-state index contributed by atoms with van der Waals surface area (Å²) >= 11 is 0. The highest BCUT2D eigenvalue weighted by Crippen LogP contribution is 2.48. The summed E-state index contributed by atoms with van der Waals surface area (Å²) in [6, 6.07) is 29.6. The summed E-state index contributed by atoms with van der Waals surface area (Å²) in [6.07, 6.45) is 0. The largest absolute Gasteiger partial charge is 0.454 e. The summed E-state index contributed by atoms with van der Waals surface area (Å²) in [5.41, 5.74) is 5.32. The molecular weight excluding hydrogens is 519 g/mol. The number of para-hydroxylation sites is 3. The summed E-state index contributed by atoms with van der Waals surface area (Å²) in [4.78, 5) is 12.2. The first-order valence-corrected chi connectivity index (χ1v) is 13.3. The van der Waals surface area contributed by atoms with Gasteiger partial charge in [-0.05, 0) is 49.4 Å². The number of hydrogen-bond acceptors (Lipinski definition) is 7. The van der Waals surface area contributed by atoms with Crippen LogP contribution in [-0.4, -0.2) is 28.2 Å². The number of aliphatic imine (C=N–C) groups is 2. The van der Waals surface area contributed by atoms with Crippen LogP contribution in [0, 0.1) is 12.7 Å². The molecule has 1 N–H and O–H groups in total. The molecule has 8 rings (SSSR count). The Bertz CT molecular complexity index is 1900. The van der Waals surface area contributed by atoms with E-state index in [1.807, 2.05) is 96.5 Å². The van der Waals surface area contributed by atoms with Gasteiger partial charge in [-0.15, -0.1) is 0 Å². The lowest BCUT2D eigenvalue weighted by atomic mass is 9.93. The molecule has 0 saturated carbocycles. The Morgan fingerprint density at radius 1 is 0.854 bits per heavy atom. The van der Waals surface area contributed by atoms with Gasteiger partial charge < -0.3 is 19.7 Å². The minimum atomic E-state index is -0.540. The van der Waals surface area contributed by atoms with Gasteiger partial charge in [-0.1, -0.05) is 48.5 Å². The van der Waals surface area contributed by atoms with Gasteiger partial charge in [0.05, 0.1) is 28.8 Å². The van der Waals surface area contributed by atoms with E-state index in [4.69, 9.17) is 24.6 Å². The average Bonchev–Trinajstić information content (AvgIpc) is 3.61. The zero-order valence-electron chi connectivity index (χ0n) is 22.0. The van der Waals surface area contributed by atoms with Crippen LogP contribution in [0.1, 0.15) is 22.9 Å². The zero-order valence-corrected chi connectivity index (χ0v) is 22.0. The molecule has 0 saturated heterocycles. The predicted octanol–water partition coefficient (Wildman–Crippen LogP) is 6.84. The standard InChI is InChI=1S/C32H23FN6O2/c1-19-28-29(22-11-5-6-12-23(22)33)38-25-14-8-7-13-24(25)35-30(34-20-15-16-26-27(17-20)41-18-40-26)32(38)36-31(28)39(37-19)21-9-3-2-4-10-21/h2-17,29H,18H2,1H3,(H,34,35)/t29-/m1/s1. The molecule has 1 atom stereocenters. The Morgan fingerprint density at radius 3 is 2.51 bits per heavy atom. The van der Waals surface area contributed by atoms with Crippen LogP contribution in [0.2, 0.25) is 0 Å². The van der Waals surface area contributed by atoms with Gasteiger partial charge in [0.25, 0.3) is 0 Å². The lowest BCUT2D eigenvalue weighted by molar-refractivity contribution is 0.174. The maximum Gasteiger partial charge on any atom is 0.231 e. The number of ether oxygens (including phenoxy) is 2. The Kier molecular flexibility index (Phi) is 5.18. The summed E-state index contributed by atoms with van der Waals surface area (Å²) in [5.74, 6) is 2.75. The van der Waals surface area contributed by atoms with E-state index in [0.29, 0.717) is 34.6 Å². The van der Waals surface area contributed by atoms with E-state index < -0.39 is 6.04 Å². The Morgan fingerprint density at radius 2 is 1.63 bits per heavy atom. The van der Waals surface area contributed by atoms with Crippen molar-refractivity contribution in [2.45, 2.75) is 13.0 Å². The van der Waals surface area contributed by atoms with Crippen LogP contribution >= 0.6 is 0 Å². The number of aryl methyl sites for hydroxylation is 1. The Labute approximate surface area is 235 Å². The van der Waals surface area contributed by atoms with Crippen molar-refractivity contribution in [1.82, 2.24) is 9.78 Å². The molecule has 4 heterocycles. The van der Waals surface area contributed by atoms with Gasteiger partial charge in [-0.25, -0.2) is 19.1 Å². The van der Waals surface area contributed by atoms with Crippen LogP contribution < -0.4 is 19.7 Å². The minimum Gasteiger partial charge on any atom is -0.454 e. The number of amidine groups is 2. The van der Waals surface area contributed by atoms with Crippen molar-refractivity contribution in [2.24, 2.45) is 9.98 Å². The van der Waals surface area contributed by atoms with E-state index in [9.17, 15) is 0 Å². The van der Waals surface area contributed by atoms with E-state index >= 15 is 4.39 Å². The van der Waals surface area contributed by atoms with Crippen molar-refractivity contribution in [2.75, 3.05) is 17.0 Å². The molecule has 4 aromatic carbocycles. The third kappa shape index (κ3) is 3.70. The van der Waals surface area contributed by atoms with Crippen molar-refractivity contribution in [3.05, 3.63) is 120 Å². The number of anilines is 2. The molecule has 0 bridgehead atoms. The van der Waals surface area contributed by atoms with Crippen LogP contribution in [0.3, 0.4) is 0 Å². The monoisotopic (exact) mass is 542 g/mol. The molecule has 0 unspecified atom stereocenters. The molecule has 3 aliphatic heterocycles. The van der Waals surface area contributed by atoms with Gasteiger partial charge in [0, 0.05) is 22.9 Å². The average molecular weight is 543 g/mol. The summed E-state index contributed by atoms with van der Waals surface area (Å²) in [7, 11) is 0. The number of fused-ring (bicyclic) bond motifs is 5. The second-order valence-electron chi connectivity index (χ2n) is 9.94.